The number of rotatable bonds is 1. The molecule has 3 heterocycles. The molecule has 3 aromatic heterocycles. The second kappa shape index (κ2) is 2.81. The third-order valence-corrected chi connectivity index (χ3v) is 2.05. The lowest BCUT2D eigenvalue weighted by Gasteiger charge is -1.86. The summed E-state index contributed by atoms with van der Waals surface area (Å²) in [5, 5.41) is 3.56. The molecule has 3 rings (SSSR count). The SMILES string of the molecule is O=c1[nH]c(-c2cn3ccccc3n2)no1. The quantitative estimate of drug-likeness (QED) is 0.629. The molecule has 3 aromatic rings. The van der Waals surface area contributed by atoms with Gasteiger partial charge in [0.2, 0.25) is 5.82 Å². The summed E-state index contributed by atoms with van der Waals surface area (Å²) in [6, 6.07) is 5.64. The van der Waals surface area contributed by atoms with E-state index in [2.05, 4.69) is 19.6 Å². The van der Waals surface area contributed by atoms with Gasteiger partial charge in [0.05, 0.1) is 0 Å². The number of aromatic amines is 1. The highest BCUT2D eigenvalue weighted by atomic mass is 16.5. The number of imidazole rings is 1. The maximum absolute atomic E-state index is 10.8. The Bertz CT molecular complexity index is 631. The third-order valence-electron chi connectivity index (χ3n) is 2.05. The Morgan fingerprint density at radius 2 is 2.33 bits per heavy atom. The average Bonchev–Trinajstić information content (AvgIpc) is 2.82. The minimum Gasteiger partial charge on any atom is -0.306 e. The van der Waals surface area contributed by atoms with Crippen molar-refractivity contribution in [3.05, 3.63) is 41.1 Å². The first kappa shape index (κ1) is 7.98. The van der Waals surface area contributed by atoms with Gasteiger partial charge in [0, 0.05) is 12.4 Å². The molecular weight excluding hydrogens is 196 g/mol. The van der Waals surface area contributed by atoms with E-state index in [1.807, 2.05) is 28.8 Å². The van der Waals surface area contributed by atoms with Crippen LogP contribution in [0.3, 0.4) is 0 Å². The highest BCUT2D eigenvalue weighted by Gasteiger charge is 2.08. The summed E-state index contributed by atoms with van der Waals surface area (Å²) in [6.45, 7) is 0. The van der Waals surface area contributed by atoms with Crippen molar-refractivity contribution in [2.75, 3.05) is 0 Å². The van der Waals surface area contributed by atoms with Crippen molar-refractivity contribution in [1.82, 2.24) is 19.5 Å². The molecule has 0 bridgehead atoms. The van der Waals surface area contributed by atoms with E-state index in [9.17, 15) is 4.79 Å². The minimum atomic E-state index is -0.581. The van der Waals surface area contributed by atoms with Crippen LogP contribution in [0.5, 0.6) is 0 Å². The predicted molar refractivity (Wildman–Crippen MR) is 51.3 cm³/mol. The van der Waals surface area contributed by atoms with E-state index in [-0.39, 0.29) is 0 Å². The molecule has 0 fully saturated rings. The van der Waals surface area contributed by atoms with Gasteiger partial charge in [-0.05, 0) is 12.1 Å². The molecule has 0 atom stereocenters. The van der Waals surface area contributed by atoms with Gasteiger partial charge < -0.3 is 4.40 Å². The Kier molecular flexibility index (Phi) is 1.49. The van der Waals surface area contributed by atoms with Crippen molar-refractivity contribution in [2.24, 2.45) is 0 Å². The second-order valence-electron chi connectivity index (χ2n) is 3.04. The predicted octanol–water partition coefficient (Wildman–Crippen LogP) is 0.678. The van der Waals surface area contributed by atoms with Gasteiger partial charge in [-0.3, -0.25) is 9.51 Å². The molecule has 0 unspecified atom stereocenters. The van der Waals surface area contributed by atoms with Gasteiger partial charge in [0.15, 0.2) is 0 Å². The summed E-state index contributed by atoms with van der Waals surface area (Å²) in [7, 11) is 0. The van der Waals surface area contributed by atoms with E-state index in [0.29, 0.717) is 11.5 Å². The van der Waals surface area contributed by atoms with Crippen LogP contribution in [0.15, 0.2) is 39.9 Å². The number of nitrogens with zero attached hydrogens (tertiary/aromatic N) is 3. The first-order valence-electron chi connectivity index (χ1n) is 4.33. The number of hydrogen-bond acceptors (Lipinski definition) is 4. The molecule has 6 heteroatoms. The van der Waals surface area contributed by atoms with Crippen LogP contribution >= 0.6 is 0 Å². The minimum absolute atomic E-state index is 0.337. The molecule has 0 amide bonds. The monoisotopic (exact) mass is 202 g/mol. The zero-order valence-electron chi connectivity index (χ0n) is 7.54. The molecule has 0 radical (unpaired) electrons. The average molecular weight is 202 g/mol. The molecule has 6 nitrogen and oxygen atoms in total. The van der Waals surface area contributed by atoms with Crippen LogP contribution in [0.4, 0.5) is 0 Å². The number of fused-ring (bicyclic) bond motifs is 1. The van der Waals surface area contributed by atoms with Crippen LogP contribution < -0.4 is 5.76 Å². The number of H-pyrrole nitrogens is 1. The molecule has 15 heavy (non-hydrogen) atoms. The zero-order chi connectivity index (χ0) is 10.3. The Balaban J connectivity index is 2.24. The Morgan fingerprint density at radius 3 is 3.07 bits per heavy atom. The molecule has 1 N–H and O–H groups in total. The number of hydrogen-bond donors (Lipinski definition) is 1. The van der Waals surface area contributed by atoms with E-state index >= 15 is 0 Å². The van der Waals surface area contributed by atoms with Crippen molar-refractivity contribution in [1.29, 1.82) is 0 Å². The molecule has 0 aliphatic rings. The lowest BCUT2D eigenvalue weighted by molar-refractivity contribution is 0.388. The standard InChI is InChI=1S/C9H6N4O2/c14-9-11-8(12-15-9)6-5-13-4-2-1-3-7(13)10-6/h1-5H,(H,11,12,14). The molecule has 0 aromatic carbocycles. The van der Waals surface area contributed by atoms with Crippen molar-refractivity contribution in [3.63, 3.8) is 0 Å². The van der Waals surface area contributed by atoms with Gasteiger partial charge in [-0.1, -0.05) is 11.2 Å². The van der Waals surface area contributed by atoms with Crippen LogP contribution in [0, 0.1) is 0 Å². The first-order valence-corrected chi connectivity index (χ1v) is 4.33. The molecule has 0 saturated carbocycles. The van der Waals surface area contributed by atoms with Crippen molar-refractivity contribution in [2.45, 2.75) is 0 Å². The lowest BCUT2D eigenvalue weighted by Crippen LogP contribution is -1.94. The summed E-state index contributed by atoms with van der Waals surface area (Å²) in [5.41, 5.74) is 1.36. The Morgan fingerprint density at radius 1 is 1.40 bits per heavy atom. The van der Waals surface area contributed by atoms with Crippen molar-refractivity contribution in [3.8, 4) is 11.5 Å². The summed E-state index contributed by atoms with van der Waals surface area (Å²) >= 11 is 0. The van der Waals surface area contributed by atoms with E-state index < -0.39 is 5.76 Å². The zero-order valence-corrected chi connectivity index (χ0v) is 7.54. The molecule has 74 valence electrons. The van der Waals surface area contributed by atoms with Crippen LogP contribution in [-0.2, 0) is 0 Å². The highest BCUT2D eigenvalue weighted by molar-refractivity contribution is 5.54. The number of aromatic nitrogens is 4. The van der Waals surface area contributed by atoms with Crippen LogP contribution in [-0.4, -0.2) is 19.5 Å². The largest absolute Gasteiger partial charge is 0.439 e. The molecular formula is C9H6N4O2. The smallest absolute Gasteiger partial charge is 0.306 e. The van der Waals surface area contributed by atoms with Gasteiger partial charge >= 0.3 is 5.76 Å². The Labute approximate surface area is 83.2 Å². The van der Waals surface area contributed by atoms with Gasteiger partial charge in [-0.2, -0.15) is 0 Å². The van der Waals surface area contributed by atoms with Gasteiger partial charge in [-0.25, -0.2) is 9.78 Å². The highest BCUT2D eigenvalue weighted by Crippen LogP contribution is 2.12. The molecule has 0 aliphatic heterocycles. The lowest BCUT2D eigenvalue weighted by atomic mass is 10.5. The van der Waals surface area contributed by atoms with Crippen molar-refractivity contribution >= 4 is 5.65 Å². The van der Waals surface area contributed by atoms with E-state index in [0.717, 1.165) is 5.65 Å². The summed E-state index contributed by atoms with van der Waals surface area (Å²) in [4.78, 5) is 17.5. The number of nitrogens with one attached hydrogen (secondary N) is 1. The fraction of sp³-hybridized carbons (Fsp3) is 0. The molecule has 0 spiro atoms. The van der Waals surface area contributed by atoms with E-state index in [1.165, 1.54) is 0 Å². The maximum Gasteiger partial charge on any atom is 0.439 e. The third kappa shape index (κ3) is 1.23. The van der Waals surface area contributed by atoms with Gasteiger partial charge in [0.25, 0.3) is 0 Å². The molecule has 0 aliphatic carbocycles. The van der Waals surface area contributed by atoms with Crippen LogP contribution in [0.1, 0.15) is 0 Å². The summed E-state index contributed by atoms with van der Waals surface area (Å²) in [5.74, 6) is -0.245. The topological polar surface area (TPSA) is 76.2 Å². The normalized spacial score (nSPS) is 10.9. The number of pyridine rings is 1. The Hall–Kier alpha value is -2.37. The fourth-order valence-electron chi connectivity index (χ4n) is 1.39. The first-order chi connectivity index (χ1) is 7.33. The summed E-state index contributed by atoms with van der Waals surface area (Å²) < 4.78 is 6.24. The van der Waals surface area contributed by atoms with Crippen LogP contribution in [0.25, 0.3) is 17.2 Å². The van der Waals surface area contributed by atoms with E-state index in [1.54, 1.807) is 6.20 Å². The summed E-state index contributed by atoms with van der Waals surface area (Å²) in [6.07, 6.45) is 3.63. The molecule has 0 saturated heterocycles. The maximum atomic E-state index is 10.8. The second-order valence-corrected chi connectivity index (χ2v) is 3.04. The van der Waals surface area contributed by atoms with Gasteiger partial charge in [0.1, 0.15) is 11.3 Å². The van der Waals surface area contributed by atoms with Crippen LogP contribution in [0.2, 0.25) is 0 Å². The fourth-order valence-corrected chi connectivity index (χ4v) is 1.39. The van der Waals surface area contributed by atoms with Crippen molar-refractivity contribution < 1.29 is 4.52 Å². The van der Waals surface area contributed by atoms with Gasteiger partial charge in [-0.15, -0.1) is 0 Å². The van der Waals surface area contributed by atoms with E-state index in [4.69, 9.17) is 0 Å².